The van der Waals surface area contributed by atoms with E-state index in [0.717, 1.165) is 22.9 Å². The van der Waals surface area contributed by atoms with E-state index in [1.165, 1.54) is 12.1 Å². The Kier molecular flexibility index (Phi) is 8.75. The number of carbonyl (C=O) groups excluding carboxylic acids is 1. The molecule has 6 heteroatoms. The second-order valence-corrected chi connectivity index (χ2v) is 7.30. The summed E-state index contributed by atoms with van der Waals surface area (Å²) in [5.74, 6) is -0.178. The lowest BCUT2D eigenvalue weighted by molar-refractivity contribution is 0.00759. The average molecular weight is 438 g/mol. The molecule has 0 aromatic heterocycles. The third-order valence-electron chi connectivity index (χ3n) is 4.41. The molecule has 146 valence electrons. The Morgan fingerprint density at radius 1 is 1.26 bits per heavy atom. The highest BCUT2D eigenvalue weighted by Crippen LogP contribution is 2.27. The molecule has 1 heterocycles. The maximum atomic E-state index is 12.1. The molecule has 1 N–H and O–H groups in total. The van der Waals surface area contributed by atoms with Gasteiger partial charge in [-0.25, -0.2) is 9.18 Å². The van der Waals surface area contributed by atoms with E-state index in [0.29, 0.717) is 13.0 Å². The molecule has 1 aliphatic rings. The van der Waals surface area contributed by atoms with Crippen LogP contribution in [0.5, 0.6) is 0 Å². The van der Waals surface area contributed by atoms with E-state index in [2.05, 4.69) is 15.9 Å². The fourth-order valence-corrected chi connectivity index (χ4v) is 3.30. The van der Waals surface area contributed by atoms with Crippen LogP contribution >= 0.6 is 15.9 Å². The van der Waals surface area contributed by atoms with Gasteiger partial charge in [0, 0.05) is 24.0 Å². The number of ether oxygens (including phenoxy) is 1. The van der Waals surface area contributed by atoms with Crippen LogP contribution in [0.3, 0.4) is 0 Å². The molecule has 4 nitrogen and oxygen atoms in total. The van der Waals surface area contributed by atoms with Gasteiger partial charge >= 0.3 is 6.09 Å². The number of cyclic esters (lactones) is 1. The van der Waals surface area contributed by atoms with Gasteiger partial charge in [-0.05, 0) is 49.6 Å². The smallest absolute Gasteiger partial charge is 0.410 e. The topological polar surface area (TPSA) is 49.8 Å². The molecule has 0 bridgehead atoms. The van der Waals surface area contributed by atoms with Crippen molar-refractivity contribution in [2.45, 2.75) is 38.3 Å². The summed E-state index contributed by atoms with van der Waals surface area (Å²) in [5, 5.41) is 8.82. The first-order valence-electron chi connectivity index (χ1n) is 9.05. The minimum Gasteiger partial charge on any atom is -0.446 e. The summed E-state index contributed by atoms with van der Waals surface area (Å²) < 4.78 is 18.4. The van der Waals surface area contributed by atoms with E-state index < -0.39 is 0 Å². The number of aliphatic hydroxyl groups excluding tert-OH is 1. The quantitative estimate of drug-likeness (QED) is 0.688. The maximum Gasteiger partial charge on any atom is 0.410 e. The van der Waals surface area contributed by atoms with Crippen LogP contribution in [0.2, 0.25) is 0 Å². The standard InChI is InChI=1S/C15H20BrNO3.C6H5F/c1-11(12-4-2-5-13(16)10-12)17-8-7-14(6-3-9-18)20-15(17)19;7-6-4-2-1-3-5-6/h2,4-5,10-11,14,18H,3,6-9H2,1H3;1-5H. The van der Waals surface area contributed by atoms with Gasteiger partial charge in [-0.15, -0.1) is 0 Å². The van der Waals surface area contributed by atoms with E-state index in [9.17, 15) is 9.18 Å². The molecule has 3 rings (SSSR count). The molecule has 0 radical (unpaired) electrons. The third-order valence-corrected chi connectivity index (χ3v) is 4.90. The molecule has 0 aliphatic carbocycles. The largest absolute Gasteiger partial charge is 0.446 e. The SMILES string of the molecule is CC(c1cccc(Br)c1)N1CCC(CCCO)OC1=O.Fc1ccccc1. The highest BCUT2D eigenvalue weighted by atomic mass is 79.9. The Balaban J connectivity index is 0.000000313. The van der Waals surface area contributed by atoms with Gasteiger partial charge in [0.15, 0.2) is 0 Å². The lowest BCUT2D eigenvalue weighted by Crippen LogP contribution is -2.43. The van der Waals surface area contributed by atoms with Crippen molar-refractivity contribution in [3.63, 3.8) is 0 Å². The molecule has 1 amide bonds. The molecule has 0 spiro atoms. The zero-order chi connectivity index (χ0) is 19.6. The summed E-state index contributed by atoms with van der Waals surface area (Å²) in [4.78, 5) is 13.9. The van der Waals surface area contributed by atoms with E-state index in [-0.39, 0.29) is 30.7 Å². The zero-order valence-electron chi connectivity index (χ0n) is 15.4. The molecule has 0 saturated carbocycles. The van der Waals surface area contributed by atoms with Crippen molar-refractivity contribution in [2.75, 3.05) is 13.2 Å². The van der Waals surface area contributed by atoms with Crippen LogP contribution in [0.25, 0.3) is 0 Å². The number of nitrogens with zero attached hydrogens (tertiary/aromatic N) is 1. The second-order valence-electron chi connectivity index (χ2n) is 6.38. The number of hydrogen-bond acceptors (Lipinski definition) is 3. The Labute approximate surface area is 168 Å². The molecular weight excluding hydrogens is 413 g/mol. The van der Waals surface area contributed by atoms with Gasteiger partial charge in [0.2, 0.25) is 0 Å². The van der Waals surface area contributed by atoms with Crippen LogP contribution in [0.15, 0.2) is 59.1 Å². The molecule has 2 atom stereocenters. The molecule has 1 aliphatic heterocycles. The first-order chi connectivity index (χ1) is 13.0. The monoisotopic (exact) mass is 437 g/mol. The van der Waals surface area contributed by atoms with Crippen molar-refractivity contribution in [2.24, 2.45) is 0 Å². The minimum absolute atomic E-state index is 0.00112. The number of hydrogen-bond donors (Lipinski definition) is 1. The van der Waals surface area contributed by atoms with Crippen LogP contribution < -0.4 is 0 Å². The Morgan fingerprint density at radius 2 is 2.00 bits per heavy atom. The van der Waals surface area contributed by atoms with E-state index >= 15 is 0 Å². The number of carbonyl (C=O) groups is 1. The van der Waals surface area contributed by atoms with E-state index in [1.807, 2.05) is 31.2 Å². The third kappa shape index (κ3) is 6.96. The predicted molar refractivity (Wildman–Crippen MR) is 107 cm³/mol. The second kappa shape index (κ2) is 11.0. The lowest BCUT2D eigenvalue weighted by Gasteiger charge is -2.35. The average Bonchev–Trinajstić information content (AvgIpc) is 2.67. The van der Waals surface area contributed by atoms with E-state index in [4.69, 9.17) is 9.84 Å². The molecule has 1 fully saturated rings. The van der Waals surface area contributed by atoms with Crippen molar-refractivity contribution in [1.29, 1.82) is 0 Å². The van der Waals surface area contributed by atoms with Gasteiger partial charge in [-0.1, -0.05) is 46.3 Å². The van der Waals surface area contributed by atoms with Gasteiger partial charge in [-0.2, -0.15) is 0 Å². The van der Waals surface area contributed by atoms with Gasteiger partial charge in [0.05, 0.1) is 6.04 Å². The highest BCUT2D eigenvalue weighted by molar-refractivity contribution is 9.10. The van der Waals surface area contributed by atoms with Crippen LogP contribution in [0.1, 0.15) is 37.8 Å². The first-order valence-corrected chi connectivity index (χ1v) is 9.84. The Hall–Kier alpha value is -1.92. The molecule has 27 heavy (non-hydrogen) atoms. The number of halogens is 2. The summed E-state index contributed by atoms with van der Waals surface area (Å²) in [6, 6.07) is 15.9. The Morgan fingerprint density at radius 3 is 2.56 bits per heavy atom. The molecule has 2 aromatic carbocycles. The number of aliphatic hydroxyl groups is 1. The highest BCUT2D eigenvalue weighted by Gasteiger charge is 2.30. The van der Waals surface area contributed by atoms with Gasteiger partial charge in [0.1, 0.15) is 11.9 Å². The Bertz CT molecular complexity index is 714. The zero-order valence-corrected chi connectivity index (χ0v) is 16.9. The number of benzene rings is 2. The summed E-state index contributed by atoms with van der Waals surface area (Å²) in [7, 11) is 0. The molecule has 1 saturated heterocycles. The molecular formula is C21H25BrFNO3. The van der Waals surface area contributed by atoms with Crippen LogP contribution in [-0.4, -0.2) is 35.4 Å². The van der Waals surface area contributed by atoms with Crippen LogP contribution in [-0.2, 0) is 4.74 Å². The van der Waals surface area contributed by atoms with Crippen molar-refractivity contribution >= 4 is 22.0 Å². The van der Waals surface area contributed by atoms with Crippen LogP contribution in [0, 0.1) is 5.82 Å². The maximum absolute atomic E-state index is 12.1. The summed E-state index contributed by atoms with van der Waals surface area (Å²) in [6.07, 6.45) is 1.93. The summed E-state index contributed by atoms with van der Waals surface area (Å²) in [5.41, 5.74) is 1.09. The van der Waals surface area contributed by atoms with Crippen molar-refractivity contribution in [3.8, 4) is 0 Å². The van der Waals surface area contributed by atoms with Crippen molar-refractivity contribution < 1.29 is 19.0 Å². The number of amides is 1. The van der Waals surface area contributed by atoms with E-state index in [1.54, 1.807) is 23.1 Å². The lowest BCUT2D eigenvalue weighted by atomic mass is 10.0. The normalized spacial score (nSPS) is 17.6. The van der Waals surface area contributed by atoms with Gasteiger partial charge < -0.3 is 14.7 Å². The van der Waals surface area contributed by atoms with Gasteiger partial charge in [-0.3, -0.25) is 0 Å². The predicted octanol–water partition coefficient (Wildman–Crippen LogP) is 5.32. The first kappa shape index (κ1) is 21.4. The fourth-order valence-electron chi connectivity index (χ4n) is 2.88. The van der Waals surface area contributed by atoms with Crippen molar-refractivity contribution in [1.82, 2.24) is 4.90 Å². The summed E-state index contributed by atoms with van der Waals surface area (Å²) in [6.45, 7) is 2.85. The molecule has 2 aromatic rings. The minimum atomic E-state index is -0.258. The van der Waals surface area contributed by atoms with Gasteiger partial charge in [0.25, 0.3) is 0 Å². The summed E-state index contributed by atoms with van der Waals surface area (Å²) >= 11 is 3.45. The molecule has 2 unspecified atom stereocenters. The number of rotatable bonds is 5. The fraction of sp³-hybridized carbons (Fsp3) is 0.381. The van der Waals surface area contributed by atoms with Crippen LogP contribution in [0.4, 0.5) is 9.18 Å². The van der Waals surface area contributed by atoms with Crippen molar-refractivity contribution in [3.05, 3.63) is 70.5 Å².